The summed E-state index contributed by atoms with van der Waals surface area (Å²) in [6.45, 7) is 1.76. The molecule has 0 aliphatic carbocycles. The molecule has 0 bridgehead atoms. The maximum Gasteiger partial charge on any atom is 0.289 e. The van der Waals surface area contributed by atoms with E-state index in [0.29, 0.717) is 31.7 Å². The number of H-pyrrole nitrogens is 1. The third kappa shape index (κ3) is 3.46. The number of piperazine rings is 1. The Morgan fingerprint density at radius 2 is 1.82 bits per heavy atom. The fourth-order valence-electron chi connectivity index (χ4n) is 3.08. The van der Waals surface area contributed by atoms with Crippen LogP contribution >= 0.6 is 0 Å². The average molecular weight is 380 g/mol. The van der Waals surface area contributed by atoms with Crippen LogP contribution in [0, 0.1) is 5.82 Å². The fourth-order valence-corrected chi connectivity index (χ4v) is 3.08. The first-order chi connectivity index (χ1) is 13.6. The Kier molecular flexibility index (Phi) is 4.79. The molecule has 0 atom stereocenters. The highest BCUT2D eigenvalue weighted by Gasteiger charge is 2.25. The van der Waals surface area contributed by atoms with Crippen molar-refractivity contribution in [1.82, 2.24) is 24.8 Å². The van der Waals surface area contributed by atoms with Crippen LogP contribution in [0.25, 0.3) is 11.3 Å². The van der Waals surface area contributed by atoms with Gasteiger partial charge >= 0.3 is 0 Å². The molecule has 28 heavy (non-hydrogen) atoms. The van der Waals surface area contributed by atoms with Crippen molar-refractivity contribution in [3.8, 4) is 11.3 Å². The van der Waals surface area contributed by atoms with Gasteiger partial charge < -0.3 is 9.80 Å². The van der Waals surface area contributed by atoms with Gasteiger partial charge in [-0.25, -0.2) is 9.97 Å². The number of anilines is 1. The molecule has 0 spiro atoms. The number of benzene rings is 1. The first-order valence-corrected chi connectivity index (χ1v) is 8.79. The zero-order chi connectivity index (χ0) is 19.5. The Balaban J connectivity index is 1.53. The van der Waals surface area contributed by atoms with Gasteiger partial charge in [0, 0.05) is 44.1 Å². The molecule has 9 heteroatoms. The van der Waals surface area contributed by atoms with Gasteiger partial charge in [0.2, 0.25) is 11.8 Å². The summed E-state index contributed by atoms with van der Waals surface area (Å²) in [4.78, 5) is 42.8. The quantitative estimate of drug-likeness (QED) is 0.737. The summed E-state index contributed by atoms with van der Waals surface area (Å²) in [7, 11) is 0. The predicted molar refractivity (Wildman–Crippen MR) is 100 cm³/mol. The third-order valence-corrected chi connectivity index (χ3v) is 4.55. The summed E-state index contributed by atoms with van der Waals surface area (Å²) in [6.07, 6.45) is 4.41. The number of carbonyl (C=O) groups excluding carboxylic acids is 1. The molecular formula is C19H17FN6O2. The van der Waals surface area contributed by atoms with Gasteiger partial charge in [-0.15, -0.1) is 0 Å². The Morgan fingerprint density at radius 1 is 1.07 bits per heavy atom. The molecule has 1 aliphatic heterocycles. The van der Waals surface area contributed by atoms with Crippen molar-refractivity contribution >= 4 is 11.9 Å². The Labute approximate surface area is 159 Å². The number of aromatic amines is 1. The lowest BCUT2D eigenvalue weighted by Gasteiger charge is -2.34. The summed E-state index contributed by atoms with van der Waals surface area (Å²) in [6, 6.07) is 8.73. The highest BCUT2D eigenvalue weighted by atomic mass is 19.1. The maximum atomic E-state index is 14.3. The zero-order valence-corrected chi connectivity index (χ0v) is 14.9. The summed E-state index contributed by atoms with van der Waals surface area (Å²) in [5.74, 6) is -0.818. The van der Waals surface area contributed by atoms with E-state index in [1.807, 2.05) is 11.0 Å². The van der Waals surface area contributed by atoms with Crippen LogP contribution in [0.5, 0.6) is 0 Å². The molecule has 1 N–H and O–H groups in total. The summed E-state index contributed by atoms with van der Waals surface area (Å²) in [5.41, 5.74) is 0.0128. The minimum atomic E-state index is -0.911. The monoisotopic (exact) mass is 380 g/mol. The Bertz CT molecular complexity index is 1030. The molecule has 0 radical (unpaired) electrons. The third-order valence-electron chi connectivity index (χ3n) is 4.55. The molecule has 142 valence electrons. The number of carbonyl (C=O) groups is 1. The Hall–Kier alpha value is -3.62. The molecule has 2 aromatic heterocycles. The summed E-state index contributed by atoms with van der Waals surface area (Å²) < 4.78 is 14.3. The molecule has 1 aromatic carbocycles. The lowest BCUT2D eigenvalue weighted by atomic mass is 10.1. The molecule has 4 rings (SSSR count). The second-order valence-electron chi connectivity index (χ2n) is 6.29. The van der Waals surface area contributed by atoms with Gasteiger partial charge in [0.15, 0.2) is 0 Å². The second kappa shape index (κ2) is 7.55. The lowest BCUT2D eigenvalue weighted by Crippen LogP contribution is -2.49. The molecule has 1 aliphatic rings. The van der Waals surface area contributed by atoms with Crippen LogP contribution < -0.4 is 10.5 Å². The topological polar surface area (TPSA) is 95.1 Å². The van der Waals surface area contributed by atoms with Gasteiger partial charge in [-0.1, -0.05) is 30.3 Å². The van der Waals surface area contributed by atoms with Crippen LogP contribution in [0.1, 0.15) is 10.5 Å². The largest absolute Gasteiger partial charge is 0.339 e. The summed E-state index contributed by atoms with van der Waals surface area (Å²) >= 11 is 0. The molecule has 0 saturated carbocycles. The van der Waals surface area contributed by atoms with Gasteiger partial charge in [0.25, 0.3) is 11.5 Å². The molecule has 1 saturated heterocycles. The number of hydrogen-bond donors (Lipinski definition) is 1. The van der Waals surface area contributed by atoms with E-state index in [1.54, 1.807) is 29.2 Å². The first-order valence-electron chi connectivity index (χ1n) is 8.79. The minimum absolute atomic E-state index is 0.0115. The van der Waals surface area contributed by atoms with Crippen molar-refractivity contribution in [3.05, 3.63) is 70.8 Å². The predicted octanol–water partition coefficient (Wildman–Crippen LogP) is 1.33. The van der Waals surface area contributed by atoms with Crippen LogP contribution in [0.2, 0.25) is 0 Å². The van der Waals surface area contributed by atoms with E-state index >= 15 is 0 Å². The van der Waals surface area contributed by atoms with Crippen LogP contribution in [0.15, 0.2) is 53.7 Å². The van der Waals surface area contributed by atoms with E-state index in [0.717, 1.165) is 0 Å². The second-order valence-corrected chi connectivity index (χ2v) is 6.29. The standard InChI is InChI=1S/C19H17FN6O2/c20-15-16(13-4-2-1-3-5-13)23-19(24-17(15)27)26-10-8-25(9-11-26)18(28)14-12-21-6-7-22-14/h1-7,12H,8-11H2,(H,23,24,27). The van der Waals surface area contributed by atoms with Crippen LogP contribution in [-0.4, -0.2) is 56.9 Å². The molecule has 8 nitrogen and oxygen atoms in total. The van der Waals surface area contributed by atoms with Gasteiger partial charge in [-0.05, 0) is 0 Å². The molecule has 1 fully saturated rings. The molecule has 3 heterocycles. The molecule has 1 amide bonds. The number of nitrogens with one attached hydrogen (secondary N) is 1. The van der Waals surface area contributed by atoms with E-state index < -0.39 is 11.4 Å². The van der Waals surface area contributed by atoms with Gasteiger partial charge in [-0.3, -0.25) is 19.6 Å². The van der Waals surface area contributed by atoms with Crippen molar-refractivity contribution in [1.29, 1.82) is 0 Å². The van der Waals surface area contributed by atoms with Crippen molar-refractivity contribution in [2.45, 2.75) is 0 Å². The Morgan fingerprint density at radius 3 is 2.50 bits per heavy atom. The van der Waals surface area contributed by atoms with Crippen molar-refractivity contribution in [2.75, 3.05) is 31.1 Å². The average Bonchev–Trinajstić information content (AvgIpc) is 2.76. The van der Waals surface area contributed by atoms with E-state index in [4.69, 9.17) is 0 Å². The van der Waals surface area contributed by atoms with Crippen LogP contribution in [-0.2, 0) is 0 Å². The molecule has 3 aromatic rings. The minimum Gasteiger partial charge on any atom is -0.339 e. The van der Waals surface area contributed by atoms with Crippen LogP contribution in [0.4, 0.5) is 10.3 Å². The zero-order valence-electron chi connectivity index (χ0n) is 14.9. The maximum absolute atomic E-state index is 14.3. The van der Waals surface area contributed by atoms with Gasteiger partial charge in [0.05, 0.1) is 6.20 Å². The van der Waals surface area contributed by atoms with E-state index in [2.05, 4.69) is 19.9 Å². The lowest BCUT2D eigenvalue weighted by molar-refractivity contribution is 0.0740. The fraction of sp³-hybridized carbons (Fsp3) is 0.211. The number of amides is 1. The smallest absolute Gasteiger partial charge is 0.289 e. The molecule has 0 unspecified atom stereocenters. The van der Waals surface area contributed by atoms with Crippen molar-refractivity contribution in [3.63, 3.8) is 0 Å². The first kappa shape index (κ1) is 17.8. The SMILES string of the molecule is O=C(c1cnccn1)N1CCN(c2nc(-c3ccccc3)c(F)c(=O)[nH]2)CC1. The van der Waals surface area contributed by atoms with E-state index in [1.165, 1.54) is 18.6 Å². The van der Waals surface area contributed by atoms with E-state index in [-0.39, 0.29) is 23.2 Å². The van der Waals surface area contributed by atoms with E-state index in [9.17, 15) is 14.0 Å². The number of aromatic nitrogens is 4. The number of nitrogens with zero attached hydrogens (tertiary/aromatic N) is 5. The van der Waals surface area contributed by atoms with Gasteiger partial charge in [-0.2, -0.15) is 4.39 Å². The van der Waals surface area contributed by atoms with Gasteiger partial charge in [0.1, 0.15) is 11.4 Å². The number of rotatable bonds is 3. The van der Waals surface area contributed by atoms with Crippen molar-refractivity contribution in [2.24, 2.45) is 0 Å². The normalized spacial score (nSPS) is 14.2. The molecular weight excluding hydrogens is 363 g/mol. The summed E-state index contributed by atoms with van der Waals surface area (Å²) in [5, 5.41) is 0. The number of halogens is 1. The number of hydrogen-bond acceptors (Lipinski definition) is 6. The van der Waals surface area contributed by atoms with Crippen LogP contribution in [0.3, 0.4) is 0 Å². The van der Waals surface area contributed by atoms with Crippen molar-refractivity contribution < 1.29 is 9.18 Å². The highest BCUT2D eigenvalue weighted by molar-refractivity contribution is 5.92. The highest BCUT2D eigenvalue weighted by Crippen LogP contribution is 2.21.